The van der Waals surface area contributed by atoms with E-state index in [1.54, 1.807) is 36.2 Å². The molecule has 158 valence electrons. The number of hydrogen-bond acceptors (Lipinski definition) is 5. The van der Waals surface area contributed by atoms with Crippen LogP contribution >= 0.6 is 0 Å². The first-order chi connectivity index (χ1) is 13.6. The van der Waals surface area contributed by atoms with Gasteiger partial charge in [0.1, 0.15) is 0 Å². The molecule has 8 nitrogen and oxygen atoms in total. The normalized spacial score (nSPS) is 14.8. The van der Waals surface area contributed by atoms with Gasteiger partial charge in [0, 0.05) is 36.8 Å². The van der Waals surface area contributed by atoms with Gasteiger partial charge in [-0.15, -0.1) is 0 Å². The van der Waals surface area contributed by atoms with Gasteiger partial charge in [-0.2, -0.15) is 0 Å². The summed E-state index contributed by atoms with van der Waals surface area (Å²) in [6.07, 6.45) is 1.06. The summed E-state index contributed by atoms with van der Waals surface area (Å²) in [5, 5.41) is 5.14. The monoisotopic (exact) mass is 403 g/mol. The second kappa shape index (κ2) is 9.54. The van der Waals surface area contributed by atoms with Crippen LogP contribution in [0.4, 0.5) is 5.69 Å². The third-order valence-electron chi connectivity index (χ3n) is 4.76. The molecule has 0 spiro atoms. The number of ether oxygens (including phenoxy) is 1. The van der Waals surface area contributed by atoms with Crippen LogP contribution in [-0.2, 0) is 19.1 Å². The SMILES string of the molecule is CNC(=O)c1ccc(NC(=O)COC(=O)C2CCN(C(=O)C(C)(C)C)CC2)cc1. The molecule has 0 bridgehead atoms. The smallest absolute Gasteiger partial charge is 0.309 e. The Morgan fingerprint density at radius 3 is 2.17 bits per heavy atom. The van der Waals surface area contributed by atoms with Crippen LogP contribution in [0, 0.1) is 11.3 Å². The zero-order valence-electron chi connectivity index (χ0n) is 17.4. The Morgan fingerprint density at radius 2 is 1.66 bits per heavy atom. The van der Waals surface area contributed by atoms with Gasteiger partial charge in [0.15, 0.2) is 6.61 Å². The van der Waals surface area contributed by atoms with E-state index in [2.05, 4.69) is 10.6 Å². The predicted octanol–water partition coefficient (Wildman–Crippen LogP) is 1.81. The van der Waals surface area contributed by atoms with Crippen LogP contribution in [0.3, 0.4) is 0 Å². The van der Waals surface area contributed by atoms with E-state index in [9.17, 15) is 19.2 Å². The van der Waals surface area contributed by atoms with Gasteiger partial charge in [-0.1, -0.05) is 20.8 Å². The van der Waals surface area contributed by atoms with Crippen molar-refractivity contribution in [2.45, 2.75) is 33.6 Å². The van der Waals surface area contributed by atoms with E-state index in [1.807, 2.05) is 20.8 Å². The van der Waals surface area contributed by atoms with E-state index < -0.39 is 17.3 Å². The standard InChI is InChI=1S/C21H29N3O5/c1-21(2,3)20(28)24-11-9-15(10-12-24)19(27)29-13-17(25)23-16-7-5-14(6-8-16)18(26)22-4/h5-8,15H,9-13H2,1-4H3,(H,22,26)(H,23,25). The van der Waals surface area contributed by atoms with Crippen LogP contribution in [0.25, 0.3) is 0 Å². The fraction of sp³-hybridized carbons (Fsp3) is 0.524. The Labute approximate surface area is 171 Å². The molecule has 2 rings (SSSR count). The molecule has 29 heavy (non-hydrogen) atoms. The molecule has 1 saturated heterocycles. The van der Waals surface area contributed by atoms with E-state index >= 15 is 0 Å². The summed E-state index contributed by atoms with van der Waals surface area (Å²) < 4.78 is 5.14. The molecule has 1 heterocycles. The lowest BCUT2D eigenvalue weighted by Crippen LogP contribution is -2.45. The van der Waals surface area contributed by atoms with E-state index in [0.29, 0.717) is 37.2 Å². The highest BCUT2D eigenvalue weighted by Gasteiger charge is 2.33. The largest absolute Gasteiger partial charge is 0.455 e. The van der Waals surface area contributed by atoms with Crippen molar-refractivity contribution in [3.05, 3.63) is 29.8 Å². The number of nitrogens with zero attached hydrogens (tertiary/aromatic N) is 1. The molecule has 2 N–H and O–H groups in total. The molecule has 1 aliphatic rings. The number of carbonyl (C=O) groups is 4. The molecule has 0 aliphatic carbocycles. The second-order valence-electron chi connectivity index (χ2n) is 8.13. The quantitative estimate of drug-likeness (QED) is 0.730. The Hall–Kier alpha value is -2.90. The molecule has 0 unspecified atom stereocenters. The van der Waals surface area contributed by atoms with Crippen LogP contribution in [0.15, 0.2) is 24.3 Å². The van der Waals surface area contributed by atoms with E-state index in [0.717, 1.165) is 0 Å². The third kappa shape index (κ3) is 6.30. The van der Waals surface area contributed by atoms with Gasteiger partial charge in [-0.05, 0) is 37.1 Å². The van der Waals surface area contributed by atoms with Crippen molar-refractivity contribution in [2.75, 3.05) is 32.1 Å². The maximum atomic E-state index is 12.3. The zero-order valence-corrected chi connectivity index (χ0v) is 17.4. The summed E-state index contributed by atoms with van der Waals surface area (Å²) in [6.45, 7) is 6.28. The van der Waals surface area contributed by atoms with Crippen molar-refractivity contribution < 1.29 is 23.9 Å². The van der Waals surface area contributed by atoms with Gasteiger partial charge in [0.25, 0.3) is 11.8 Å². The molecule has 1 aromatic carbocycles. The number of carbonyl (C=O) groups excluding carboxylic acids is 4. The van der Waals surface area contributed by atoms with Gasteiger partial charge < -0.3 is 20.3 Å². The fourth-order valence-electron chi connectivity index (χ4n) is 3.09. The predicted molar refractivity (Wildman–Crippen MR) is 108 cm³/mol. The van der Waals surface area contributed by atoms with Crippen molar-refractivity contribution in [1.29, 1.82) is 0 Å². The average molecular weight is 403 g/mol. The maximum Gasteiger partial charge on any atom is 0.309 e. The molecule has 0 saturated carbocycles. The summed E-state index contributed by atoms with van der Waals surface area (Å²) in [5.41, 5.74) is 0.546. The number of likely N-dealkylation sites (tertiary alicyclic amines) is 1. The summed E-state index contributed by atoms with van der Waals surface area (Å²) in [5.74, 6) is -1.32. The molecule has 0 radical (unpaired) electrons. The molecular formula is C21H29N3O5. The van der Waals surface area contributed by atoms with Gasteiger partial charge in [0.2, 0.25) is 5.91 Å². The number of anilines is 1. The number of benzene rings is 1. The number of piperidine rings is 1. The lowest BCUT2D eigenvalue weighted by atomic mass is 9.91. The van der Waals surface area contributed by atoms with Gasteiger partial charge in [-0.25, -0.2) is 0 Å². The second-order valence-corrected chi connectivity index (χ2v) is 8.13. The summed E-state index contributed by atoms with van der Waals surface area (Å²) >= 11 is 0. The lowest BCUT2D eigenvalue weighted by Gasteiger charge is -2.34. The van der Waals surface area contributed by atoms with Crippen molar-refractivity contribution in [3.8, 4) is 0 Å². The van der Waals surface area contributed by atoms with Crippen LogP contribution in [0.2, 0.25) is 0 Å². The minimum Gasteiger partial charge on any atom is -0.455 e. The van der Waals surface area contributed by atoms with Gasteiger partial charge in [-0.3, -0.25) is 19.2 Å². The third-order valence-corrected chi connectivity index (χ3v) is 4.76. The van der Waals surface area contributed by atoms with Crippen molar-refractivity contribution >= 4 is 29.4 Å². The van der Waals surface area contributed by atoms with Crippen LogP contribution in [0.5, 0.6) is 0 Å². The molecule has 1 aromatic rings. The summed E-state index contributed by atoms with van der Waals surface area (Å²) in [6, 6.07) is 6.39. The fourth-order valence-corrected chi connectivity index (χ4v) is 3.09. The molecule has 0 aromatic heterocycles. The summed E-state index contributed by atoms with van der Waals surface area (Å²) in [4.78, 5) is 49.8. The Bertz CT molecular complexity index is 760. The number of hydrogen-bond donors (Lipinski definition) is 2. The van der Waals surface area contributed by atoms with Gasteiger partial charge >= 0.3 is 5.97 Å². The topological polar surface area (TPSA) is 105 Å². The van der Waals surface area contributed by atoms with Crippen LogP contribution in [-0.4, -0.2) is 55.3 Å². The average Bonchev–Trinajstić information content (AvgIpc) is 2.70. The van der Waals surface area contributed by atoms with Crippen molar-refractivity contribution in [3.63, 3.8) is 0 Å². The van der Waals surface area contributed by atoms with E-state index in [-0.39, 0.29) is 24.3 Å². The first-order valence-electron chi connectivity index (χ1n) is 9.70. The molecule has 1 fully saturated rings. The molecule has 0 atom stereocenters. The van der Waals surface area contributed by atoms with E-state index in [1.165, 1.54) is 0 Å². The minimum atomic E-state index is -0.452. The number of esters is 1. The van der Waals surface area contributed by atoms with Crippen LogP contribution < -0.4 is 10.6 Å². The van der Waals surface area contributed by atoms with Crippen LogP contribution in [0.1, 0.15) is 44.0 Å². The lowest BCUT2D eigenvalue weighted by molar-refractivity contribution is -0.155. The van der Waals surface area contributed by atoms with Crippen molar-refractivity contribution in [2.24, 2.45) is 11.3 Å². The Morgan fingerprint density at radius 1 is 1.07 bits per heavy atom. The molecule has 8 heteroatoms. The Kier molecular flexibility index (Phi) is 7.36. The van der Waals surface area contributed by atoms with E-state index in [4.69, 9.17) is 4.74 Å². The first kappa shape index (κ1) is 22.4. The number of amides is 3. The molecule has 1 aliphatic heterocycles. The molecule has 3 amide bonds. The number of nitrogens with one attached hydrogen (secondary N) is 2. The highest BCUT2D eigenvalue weighted by atomic mass is 16.5. The maximum absolute atomic E-state index is 12.3. The number of rotatable bonds is 5. The van der Waals surface area contributed by atoms with Crippen molar-refractivity contribution in [1.82, 2.24) is 10.2 Å². The molecular weight excluding hydrogens is 374 g/mol. The summed E-state index contributed by atoms with van der Waals surface area (Å²) in [7, 11) is 1.54. The zero-order chi connectivity index (χ0) is 21.6. The highest BCUT2D eigenvalue weighted by Crippen LogP contribution is 2.24. The first-order valence-corrected chi connectivity index (χ1v) is 9.70. The highest BCUT2D eigenvalue weighted by molar-refractivity contribution is 5.96. The van der Waals surface area contributed by atoms with Gasteiger partial charge in [0.05, 0.1) is 5.92 Å². The Balaban J connectivity index is 1.76. The minimum absolute atomic E-state index is 0.0751.